The van der Waals surface area contributed by atoms with E-state index in [9.17, 15) is 0 Å². The molecule has 2 heterocycles. The Kier molecular flexibility index (Phi) is 1.71. The van der Waals surface area contributed by atoms with Gasteiger partial charge in [-0.25, -0.2) is 0 Å². The van der Waals surface area contributed by atoms with Crippen LogP contribution in [0.2, 0.25) is 0 Å². The first kappa shape index (κ1) is 7.28. The third kappa shape index (κ3) is 0.922. The number of ether oxygens (including phenoxy) is 1. The number of aliphatic hydroxyl groups is 2. The summed E-state index contributed by atoms with van der Waals surface area (Å²) in [5.41, 5.74) is 0. The van der Waals surface area contributed by atoms with Gasteiger partial charge in [-0.2, -0.15) is 0 Å². The highest BCUT2D eigenvalue weighted by Crippen LogP contribution is 2.38. The standard InChI is InChI=1S/C8H12O3/c9-3-5-6(4-10)8-2-1-7(5)11-8/h1-2,5-10H,3-4H2/t5-,6+,7-,8-/m1/s1. The quantitative estimate of drug-likeness (QED) is 0.532. The summed E-state index contributed by atoms with van der Waals surface area (Å²) < 4.78 is 5.45. The van der Waals surface area contributed by atoms with Gasteiger partial charge in [-0.15, -0.1) is 0 Å². The van der Waals surface area contributed by atoms with E-state index in [1.165, 1.54) is 0 Å². The number of aliphatic hydroxyl groups excluding tert-OH is 2. The molecule has 0 aromatic heterocycles. The summed E-state index contributed by atoms with van der Waals surface area (Å²) in [6.45, 7) is 0.216. The van der Waals surface area contributed by atoms with Gasteiger partial charge in [0.1, 0.15) is 0 Å². The van der Waals surface area contributed by atoms with Crippen LogP contribution in [0.15, 0.2) is 12.2 Å². The van der Waals surface area contributed by atoms with Gasteiger partial charge in [0.05, 0.1) is 12.2 Å². The van der Waals surface area contributed by atoms with Crippen molar-refractivity contribution in [3.8, 4) is 0 Å². The molecule has 0 aromatic carbocycles. The predicted octanol–water partition coefficient (Wildman–Crippen LogP) is -0.459. The van der Waals surface area contributed by atoms with Gasteiger partial charge in [-0.05, 0) is 0 Å². The third-order valence-corrected chi connectivity index (χ3v) is 2.62. The zero-order valence-electron chi connectivity index (χ0n) is 6.18. The van der Waals surface area contributed by atoms with Crippen LogP contribution in [0.5, 0.6) is 0 Å². The van der Waals surface area contributed by atoms with Crippen molar-refractivity contribution in [3.05, 3.63) is 12.2 Å². The van der Waals surface area contributed by atoms with Gasteiger partial charge >= 0.3 is 0 Å². The van der Waals surface area contributed by atoms with Crippen molar-refractivity contribution in [3.63, 3.8) is 0 Å². The molecule has 2 aliphatic rings. The van der Waals surface area contributed by atoms with Crippen molar-refractivity contribution in [1.82, 2.24) is 0 Å². The van der Waals surface area contributed by atoms with Crippen molar-refractivity contribution in [2.24, 2.45) is 11.8 Å². The topological polar surface area (TPSA) is 49.7 Å². The third-order valence-electron chi connectivity index (χ3n) is 2.62. The normalized spacial score (nSPS) is 47.1. The second-order valence-electron chi connectivity index (χ2n) is 3.14. The zero-order valence-corrected chi connectivity index (χ0v) is 6.18. The maximum absolute atomic E-state index is 8.96. The summed E-state index contributed by atoms with van der Waals surface area (Å²) in [4.78, 5) is 0. The van der Waals surface area contributed by atoms with E-state index in [-0.39, 0.29) is 37.3 Å². The van der Waals surface area contributed by atoms with Crippen LogP contribution in [0, 0.1) is 11.8 Å². The lowest BCUT2D eigenvalue weighted by atomic mass is 9.84. The Balaban J connectivity index is 2.15. The molecule has 0 spiro atoms. The molecule has 0 saturated carbocycles. The van der Waals surface area contributed by atoms with Crippen LogP contribution in [0.3, 0.4) is 0 Å². The lowest BCUT2D eigenvalue weighted by Gasteiger charge is -2.20. The molecular formula is C8H12O3. The number of hydrogen-bond donors (Lipinski definition) is 2. The Morgan fingerprint density at radius 3 is 1.82 bits per heavy atom. The molecule has 3 heteroatoms. The predicted molar refractivity (Wildman–Crippen MR) is 39.0 cm³/mol. The molecule has 62 valence electrons. The molecular weight excluding hydrogens is 144 g/mol. The Hall–Kier alpha value is -0.380. The number of hydrogen-bond acceptors (Lipinski definition) is 3. The summed E-state index contributed by atoms with van der Waals surface area (Å²) in [6, 6.07) is 0. The second-order valence-corrected chi connectivity index (χ2v) is 3.14. The number of fused-ring (bicyclic) bond motifs is 2. The van der Waals surface area contributed by atoms with E-state index in [0.29, 0.717) is 0 Å². The Labute approximate surface area is 65.3 Å². The Morgan fingerprint density at radius 2 is 1.45 bits per heavy atom. The van der Waals surface area contributed by atoms with Crippen LogP contribution in [-0.2, 0) is 4.74 Å². The van der Waals surface area contributed by atoms with Gasteiger partial charge in [0, 0.05) is 25.0 Å². The van der Waals surface area contributed by atoms with Crippen molar-refractivity contribution in [2.45, 2.75) is 12.2 Å². The first-order valence-corrected chi connectivity index (χ1v) is 3.92. The zero-order chi connectivity index (χ0) is 7.84. The average molecular weight is 156 g/mol. The molecule has 1 fully saturated rings. The first-order valence-electron chi connectivity index (χ1n) is 3.92. The van der Waals surface area contributed by atoms with E-state index in [1.54, 1.807) is 0 Å². The van der Waals surface area contributed by atoms with E-state index in [2.05, 4.69) is 0 Å². The Morgan fingerprint density at radius 1 is 1.00 bits per heavy atom. The summed E-state index contributed by atoms with van der Waals surface area (Å²) in [5.74, 6) is 0.213. The Bertz CT molecular complexity index is 160. The van der Waals surface area contributed by atoms with E-state index < -0.39 is 0 Å². The molecule has 0 unspecified atom stereocenters. The molecule has 3 nitrogen and oxygen atoms in total. The van der Waals surface area contributed by atoms with Crippen molar-refractivity contribution < 1.29 is 14.9 Å². The monoisotopic (exact) mass is 156 g/mol. The smallest absolute Gasteiger partial charge is 0.0819 e. The van der Waals surface area contributed by atoms with E-state index >= 15 is 0 Å². The van der Waals surface area contributed by atoms with Crippen molar-refractivity contribution in [1.29, 1.82) is 0 Å². The highest BCUT2D eigenvalue weighted by molar-refractivity contribution is 5.14. The lowest BCUT2D eigenvalue weighted by Crippen LogP contribution is -2.29. The summed E-state index contributed by atoms with van der Waals surface area (Å²) >= 11 is 0. The lowest BCUT2D eigenvalue weighted by molar-refractivity contribution is 0.0910. The van der Waals surface area contributed by atoms with E-state index in [1.807, 2.05) is 12.2 Å². The van der Waals surface area contributed by atoms with E-state index in [0.717, 1.165) is 0 Å². The molecule has 0 radical (unpaired) electrons. The molecule has 1 saturated heterocycles. The van der Waals surface area contributed by atoms with Gasteiger partial charge in [0.2, 0.25) is 0 Å². The summed E-state index contributed by atoms with van der Waals surface area (Å²) in [7, 11) is 0. The largest absolute Gasteiger partial charge is 0.396 e. The van der Waals surface area contributed by atoms with Crippen molar-refractivity contribution >= 4 is 0 Å². The minimum atomic E-state index is 0.0437. The highest BCUT2D eigenvalue weighted by atomic mass is 16.5. The van der Waals surface area contributed by atoms with Gasteiger partial charge in [-0.1, -0.05) is 12.2 Å². The first-order chi connectivity index (χ1) is 5.36. The molecule has 4 atom stereocenters. The minimum absolute atomic E-state index is 0.0437. The molecule has 2 aliphatic heterocycles. The molecule has 2 bridgehead atoms. The SMILES string of the molecule is OC[C@@H]1[C@H](CO)[C@H]2C=C[C@H]1O2. The van der Waals surface area contributed by atoms with Crippen LogP contribution in [0.1, 0.15) is 0 Å². The molecule has 2 rings (SSSR count). The molecule has 2 N–H and O–H groups in total. The van der Waals surface area contributed by atoms with Crippen LogP contribution in [0.4, 0.5) is 0 Å². The molecule has 0 amide bonds. The van der Waals surface area contributed by atoms with Gasteiger partial charge in [-0.3, -0.25) is 0 Å². The number of rotatable bonds is 2. The fourth-order valence-electron chi connectivity index (χ4n) is 1.94. The fraction of sp³-hybridized carbons (Fsp3) is 0.750. The van der Waals surface area contributed by atoms with Crippen LogP contribution in [-0.4, -0.2) is 35.6 Å². The molecule has 11 heavy (non-hydrogen) atoms. The van der Waals surface area contributed by atoms with Gasteiger partial charge in [0.15, 0.2) is 0 Å². The average Bonchev–Trinajstić information content (AvgIpc) is 2.60. The van der Waals surface area contributed by atoms with Crippen LogP contribution < -0.4 is 0 Å². The van der Waals surface area contributed by atoms with E-state index in [4.69, 9.17) is 14.9 Å². The second kappa shape index (κ2) is 2.59. The molecule has 0 aromatic rings. The highest BCUT2D eigenvalue weighted by Gasteiger charge is 2.44. The molecule has 0 aliphatic carbocycles. The summed E-state index contributed by atoms with van der Waals surface area (Å²) in [5, 5.41) is 17.9. The summed E-state index contributed by atoms with van der Waals surface area (Å²) in [6.07, 6.45) is 4.03. The maximum atomic E-state index is 8.96. The van der Waals surface area contributed by atoms with Gasteiger partial charge in [0.25, 0.3) is 0 Å². The van der Waals surface area contributed by atoms with Crippen molar-refractivity contribution in [2.75, 3.05) is 13.2 Å². The minimum Gasteiger partial charge on any atom is -0.396 e. The van der Waals surface area contributed by atoms with Crippen LogP contribution in [0.25, 0.3) is 0 Å². The van der Waals surface area contributed by atoms with Gasteiger partial charge < -0.3 is 14.9 Å². The fourth-order valence-corrected chi connectivity index (χ4v) is 1.94. The van der Waals surface area contributed by atoms with Crippen LogP contribution >= 0.6 is 0 Å². The maximum Gasteiger partial charge on any atom is 0.0819 e.